The van der Waals surface area contributed by atoms with Gasteiger partial charge in [0.2, 0.25) is 0 Å². The molecule has 3 heteroatoms. The van der Waals surface area contributed by atoms with Crippen molar-refractivity contribution in [3.8, 4) is 0 Å². The van der Waals surface area contributed by atoms with E-state index in [1.807, 2.05) is 0 Å². The van der Waals surface area contributed by atoms with Gasteiger partial charge in [0, 0.05) is 25.7 Å². The number of nitrogens with one attached hydrogen (secondary N) is 2. The number of hydrogen-bond donors (Lipinski definition) is 2. The van der Waals surface area contributed by atoms with E-state index in [1.165, 1.54) is 11.4 Å². The normalized spacial score (nSPS) is 27.4. The Hall–Kier alpha value is -1.22. The van der Waals surface area contributed by atoms with Crippen LogP contribution >= 0.6 is 0 Å². The van der Waals surface area contributed by atoms with Crippen LogP contribution in [0.4, 0.5) is 11.4 Å². The van der Waals surface area contributed by atoms with Crippen LogP contribution < -0.4 is 15.5 Å². The van der Waals surface area contributed by atoms with Crippen LogP contribution in [0.15, 0.2) is 24.3 Å². The largest absolute Gasteiger partial charge is 0.381 e. The quantitative estimate of drug-likeness (QED) is 0.773. The smallest absolute Gasteiger partial charge is 0.0606 e. The van der Waals surface area contributed by atoms with Crippen LogP contribution in [0.2, 0.25) is 0 Å². The number of rotatable bonds is 1. The number of fused-ring (bicyclic) bond motifs is 3. The van der Waals surface area contributed by atoms with E-state index in [1.54, 1.807) is 0 Å². The third-order valence-electron chi connectivity index (χ3n) is 4.00. The summed E-state index contributed by atoms with van der Waals surface area (Å²) in [6, 6.07) is 9.86. The Morgan fingerprint density at radius 2 is 2.06 bits per heavy atom. The lowest BCUT2D eigenvalue weighted by atomic mass is 9.97. The molecule has 0 bridgehead atoms. The van der Waals surface area contributed by atoms with Crippen molar-refractivity contribution in [1.29, 1.82) is 0 Å². The van der Waals surface area contributed by atoms with Gasteiger partial charge in [0.25, 0.3) is 0 Å². The maximum atomic E-state index is 3.67. The fourth-order valence-electron chi connectivity index (χ4n) is 2.85. The average Bonchev–Trinajstić information content (AvgIpc) is 2.38. The van der Waals surface area contributed by atoms with Gasteiger partial charge in [-0.15, -0.1) is 0 Å². The SMILES string of the molecule is CC(C)[C@H]1CN2c3ccccc3NC[C@H]2CN1. The summed E-state index contributed by atoms with van der Waals surface area (Å²) in [5, 5.41) is 7.19. The molecule has 3 rings (SSSR count). The van der Waals surface area contributed by atoms with Gasteiger partial charge in [0.15, 0.2) is 0 Å². The molecule has 0 radical (unpaired) electrons. The molecular formula is C14H21N3. The molecule has 1 fully saturated rings. The highest BCUT2D eigenvalue weighted by atomic mass is 15.3. The van der Waals surface area contributed by atoms with Crippen LogP contribution in [-0.4, -0.2) is 31.7 Å². The molecule has 0 aliphatic carbocycles. The number of benzene rings is 1. The summed E-state index contributed by atoms with van der Waals surface area (Å²) < 4.78 is 0. The first kappa shape index (κ1) is 10.9. The second kappa shape index (κ2) is 4.22. The molecule has 3 nitrogen and oxygen atoms in total. The lowest BCUT2D eigenvalue weighted by Crippen LogP contribution is -2.61. The minimum absolute atomic E-state index is 0.597. The summed E-state index contributed by atoms with van der Waals surface area (Å²) in [5.41, 5.74) is 2.66. The first-order chi connectivity index (χ1) is 8.25. The molecule has 2 aliphatic heterocycles. The van der Waals surface area contributed by atoms with Crippen LogP contribution in [0.5, 0.6) is 0 Å². The van der Waals surface area contributed by atoms with E-state index in [0.29, 0.717) is 18.0 Å². The molecular weight excluding hydrogens is 210 g/mol. The van der Waals surface area contributed by atoms with Crippen molar-refractivity contribution in [2.24, 2.45) is 5.92 Å². The topological polar surface area (TPSA) is 27.3 Å². The van der Waals surface area contributed by atoms with Gasteiger partial charge in [0.1, 0.15) is 0 Å². The predicted octanol–water partition coefficient (Wildman–Crippen LogP) is 1.91. The van der Waals surface area contributed by atoms with E-state index in [4.69, 9.17) is 0 Å². The molecule has 0 aromatic heterocycles. The van der Waals surface area contributed by atoms with Crippen molar-refractivity contribution in [2.75, 3.05) is 29.9 Å². The highest BCUT2D eigenvalue weighted by molar-refractivity contribution is 5.73. The highest BCUT2D eigenvalue weighted by Gasteiger charge is 2.32. The maximum Gasteiger partial charge on any atom is 0.0606 e. The molecule has 1 saturated heterocycles. The third kappa shape index (κ3) is 1.89. The van der Waals surface area contributed by atoms with Gasteiger partial charge >= 0.3 is 0 Å². The molecule has 0 saturated carbocycles. The Labute approximate surface area is 103 Å². The van der Waals surface area contributed by atoms with Crippen molar-refractivity contribution in [2.45, 2.75) is 25.9 Å². The lowest BCUT2D eigenvalue weighted by molar-refractivity contribution is 0.331. The molecule has 1 aromatic carbocycles. The average molecular weight is 231 g/mol. The Kier molecular flexibility index (Phi) is 2.71. The zero-order valence-corrected chi connectivity index (χ0v) is 10.6. The monoisotopic (exact) mass is 231 g/mol. The van der Waals surface area contributed by atoms with Crippen LogP contribution in [0.1, 0.15) is 13.8 Å². The van der Waals surface area contributed by atoms with E-state index >= 15 is 0 Å². The predicted molar refractivity (Wildman–Crippen MR) is 72.7 cm³/mol. The molecule has 0 amide bonds. The fourth-order valence-corrected chi connectivity index (χ4v) is 2.85. The lowest BCUT2D eigenvalue weighted by Gasteiger charge is -2.46. The third-order valence-corrected chi connectivity index (χ3v) is 4.00. The van der Waals surface area contributed by atoms with Crippen LogP contribution in [0, 0.1) is 5.92 Å². The number of para-hydroxylation sites is 2. The van der Waals surface area contributed by atoms with E-state index in [-0.39, 0.29) is 0 Å². The van der Waals surface area contributed by atoms with Gasteiger partial charge in [0.05, 0.1) is 17.4 Å². The Morgan fingerprint density at radius 3 is 2.88 bits per heavy atom. The van der Waals surface area contributed by atoms with Gasteiger partial charge in [-0.1, -0.05) is 26.0 Å². The van der Waals surface area contributed by atoms with E-state index < -0.39 is 0 Å². The van der Waals surface area contributed by atoms with E-state index in [0.717, 1.165) is 19.6 Å². The van der Waals surface area contributed by atoms with Crippen LogP contribution in [-0.2, 0) is 0 Å². The summed E-state index contributed by atoms with van der Waals surface area (Å²) in [6.07, 6.45) is 0. The number of piperazine rings is 1. The Balaban J connectivity index is 1.88. The molecule has 92 valence electrons. The molecule has 1 aromatic rings. The van der Waals surface area contributed by atoms with E-state index in [9.17, 15) is 0 Å². The van der Waals surface area contributed by atoms with Crippen molar-refractivity contribution >= 4 is 11.4 Å². The Bertz CT molecular complexity index is 402. The number of hydrogen-bond acceptors (Lipinski definition) is 3. The van der Waals surface area contributed by atoms with Gasteiger partial charge in [-0.2, -0.15) is 0 Å². The van der Waals surface area contributed by atoms with E-state index in [2.05, 4.69) is 53.6 Å². The highest BCUT2D eigenvalue weighted by Crippen LogP contribution is 2.32. The minimum Gasteiger partial charge on any atom is -0.381 e. The van der Waals surface area contributed by atoms with Gasteiger partial charge in [-0.25, -0.2) is 0 Å². The maximum absolute atomic E-state index is 3.67. The van der Waals surface area contributed by atoms with Crippen molar-refractivity contribution < 1.29 is 0 Å². The minimum atomic E-state index is 0.597. The van der Waals surface area contributed by atoms with Crippen LogP contribution in [0.3, 0.4) is 0 Å². The molecule has 17 heavy (non-hydrogen) atoms. The summed E-state index contributed by atoms with van der Waals surface area (Å²) in [4.78, 5) is 2.58. The van der Waals surface area contributed by atoms with Gasteiger partial charge in [-0.3, -0.25) is 0 Å². The number of nitrogens with zero attached hydrogens (tertiary/aromatic N) is 1. The zero-order valence-electron chi connectivity index (χ0n) is 10.6. The molecule has 2 N–H and O–H groups in total. The Morgan fingerprint density at radius 1 is 1.24 bits per heavy atom. The first-order valence-electron chi connectivity index (χ1n) is 6.58. The summed E-state index contributed by atoms with van der Waals surface area (Å²) in [5.74, 6) is 0.693. The summed E-state index contributed by atoms with van der Waals surface area (Å²) in [6.45, 7) is 7.86. The first-order valence-corrected chi connectivity index (χ1v) is 6.58. The molecule has 2 heterocycles. The molecule has 0 spiro atoms. The number of anilines is 2. The second-order valence-electron chi connectivity index (χ2n) is 5.46. The summed E-state index contributed by atoms with van der Waals surface area (Å²) >= 11 is 0. The molecule has 0 unspecified atom stereocenters. The van der Waals surface area contributed by atoms with Crippen molar-refractivity contribution in [1.82, 2.24) is 5.32 Å². The van der Waals surface area contributed by atoms with Crippen molar-refractivity contribution in [3.63, 3.8) is 0 Å². The standard InChI is InChI=1S/C14H21N3/c1-10(2)13-9-17-11(8-16-13)7-15-12-5-3-4-6-14(12)17/h3-6,10-11,13,15-16H,7-9H2,1-2H3/t11-,13+/m0/s1. The van der Waals surface area contributed by atoms with Crippen molar-refractivity contribution in [3.05, 3.63) is 24.3 Å². The van der Waals surface area contributed by atoms with Gasteiger partial charge in [-0.05, 0) is 18.1 Å². The fraction of sp³-hybridized carbons (Fsp3) is 0.571. The van der Waals surface area contributed by atoms with Crippen LogP contribution in [0.25, 0.3) is 0 Å². The zero-order chi connectivity index (χ0) is 11.8. The summed E-state index contributed by atoms with van der Waals surface area (Å²) in [7, 11) is 0. The molecule has 2 atom stereocenters. The van der Waals surface area contributed by atoms with Gasteiger partial charge < -0.3 is 15.5 Å². The second-order valence-corrected chi connectivity index (χ2v) is 5.46. The molecule has 2 aliphatic rings.